The minimum absolute atomic E-state index is 0.139. The van der Waals surface area contributed by atoms with Crippen LogP contribution in [0.2, 0.25) is 0 Å². The number of nitrogens with zero attached hydrogens (tertiary/aromatic N) is 3. The van der Waals surface area contributed by atoms with Crippen LogP contribution in [0.15, 0.2) is 35.0 Å². The highest BCUT2D eigenvalue weighted by molar-refractivity contribution is 5.91. The topological polar surface area (TPSA) is 81.0 Å². The van der Waals surface area contributed by atoms with E-state index in [1.807, 2.05) is 24.4 Å². The molecule has 6 heteroatoms. The van der Waals surface area contributed by atoms with Gasteiger partial charge in [-0.05, 0) is 31.5 Å². The Bertz CT molecular complexity index is 962. The number of carbonyl (C=O) groups is 1. The molecule has 134 valence electrons. The summed E-state index contributed by atoms with van der Waals surface area (Å²) < 4.78 is 12.3. The molecule has 2 aromatic heterocycles. The standard InChI is InChI=1S/C20H21N3O3/c1-3-5-6-9-23-13-15(12-21)16-10-14(7-8-18(16)23)19-11-17(22-26-19)20(24)25-4-2/h7-8,10-11,13H,3-6,9H2,1-2H3. The highest BCUT2D eigenvalue weighted by atomic mass is 16.5. The first-order valence-electron chi connectivity index (χ1n) is 8.85. The van der Waals surface area contributed by atoms with E-state index >= 15 is 0 Å². The molecule has 0 radical (unpaired) electrons. The van der Waals surface area contributed by atoms with Gasteiger partial charge in [0.05, 0.1) is 12.2 Å². The van der Waals surface area contributed by atoms with Gasteiger partial charge in [-0.3, -0.25) is 0 Å². The van der Waals surface area contributed by atoms with Gasteiger partial charge in [-0.2, -0.15) is 5.26 Å². The van der Waals surface area contributed by atoms with Crippen molar-refractivity contribution in [1.29, 1.82) is 5.26 Å². The second-order valence-electron chi connectivity index (χ2n) is 6.08. The van der Waals surface area contributed by atoms with E-state index in [1.54, 1.807) is 13.0 Å². The van der Waals surface area contributed by atoms with Crippen molar-refractivity contribution in [3.63, 3.8) is 0 Å². The van der Waals surface area contributed by atoms with E-state index < -0.39 is 5.97 Å². The van der Waals surface area contributed by atoms with E-state index in [4.69, 9.17) is 9.26 Å². The number of nitriles is 1. The van der Waals surface area contributed by atoms with Crippen molar-refractivity contribution in [1.82, 2.24) is 9.72 Å². The van der Waals surface area contributed by atoms with Crippen molar-refractivity contribution in [2.45, 2.75) is 39.7 Å². The Labute approximate surface area is 152 Å². The van der Waals surface area contributed by atoms with Crippen LogP contribution in [0.5, 0.6) is 0 Å². The molecule has 0 saturated carbocycles. The lowest BCUT2D eigenvalue weighted by Crippen LogP contribution is -2.04. The summed E-state index contributed by atoms with van der Waals surface area (Å²) in [5.74, 6) is -0.0408. The molecule has 26 heavy (non-hydrogen) atoms. The van der Waals surface area contributed by atoms with Gasteiger partial charge in [0.25, 0.3) is 0 Å². The van der Waals surface area contributed by atoms with Gasteiger partial charge in [0.15, 0.2) is 11.5 Å². The molecular weight excluding hydrogens is 330 g/mol. The van der Waals surface area contributed by atoms with E-state index in [0.29, 0.717) is 11.3 Å². The van der Waals surface area contributed by atoms with Crippen LogP contribution in [-0.2, 0) is 11.3 Å². The summed E-state index contributed by atoms with van der Waals surface area (Å²) >= 11 is 0. The molecular formula is C20H21N3O3. The number of carbonyl (C=O) groups excluding carboxylic acids is 1. The number of aryl methyl sites for hydroxylation is 1. The average molecular weight is 351 g/mol. The summed E-state index contributed by atoms with van der Waals surface area (Å²) in [4.78, 5) is 11.7. The van der Waals surface area contributed by atoms with Gasteiger partial charge in [0.1, 0.15) is 6.07 Å². The first-order valence-corrected chi connectivity index (χ1v) is 8.85. The molecule has 0 fully saturated rings. The van der Waals surface area contributed by atoms with Crippen molar-refractivity contribution in [2.75, 3.05) is 6.61 Å². The Kier molecular flexibility index (Phi) is 5.37. The van der Waals surface area contributed by atoms with Crippen LogP contribution in [0.3, 0.4) is 0 Å². The number of aromatic nitrogens is 2. The van der Waals surface area contributed by atoms with Crippen LogP contribution in [0.1, 0.15) is 49.2 Å². The zero-order valence-corrected chi connectivity index (χ0v) is 15.0. The van der Waals surface area contributed by atoms with E-state index in [0.717, 1.165) is 42.3 Å². The fourth-order valence-corrected chi connectivity index (χ4v) is 2.97. The number of ether oxygens (including phenoxy) is 1. The number of rotatable bonds is 7. The van der Waals surface area contributed by atoms with Crippen LogP contribution in [-0.4, -0.2) is 22.3 Å². The molecule has 3 aromatic rings. The van der Waals surface area contributed by atoms with Gasteiger partial charge in [-0.1, -0.05) is 24.9 Å². The smallest absolute Gasteiger partial charge is 0.360 e. The first-order chi connectivity index (χ1) is 12.7. The Hall–Kier alpha value is -3.07. The second kappa shape index (κ2) is 7.87. The molecule has 0 spiro atoms. The minimum atomic E-state index is -0.511. The van der Waals surface area contributed by atoms with E-state index in [-0.39, 0.29) is 12.3 Å². The normalized spacial score (nSPS) is 10.8. The summed E-state index contributed by atoms with van der Waals surface area (Å²) in [5.41, 5.74) is 2.55. The molecule has 0 N–H and O–H groups in total. The van der Waals surface area contributed by atoms with Crippen LogP contribution >= 0.6 is 0 Å². The van der Waals surface area contributed by atoms with Crippen molar-refractivity contribution in [3.05, 3.63) is 41.7 Å². The third kappa shape index (κ3) is 3.47. The minimum Gasteiger partial charge on any atom is -0.461 e. The number of esters is 1. The Morgan fingerprint density at radius 3 is 2.88 bits per heavy atom. The summed E-state index contributed by atoms with van der Waals surface area (Å²) in [7, 11) is 0. The van der Waals surface area contributed by atoms with Gasteiger partial charge >= 0.3 is 5.97 Å². The van der Waals surface area contributed by atoms with Crippen LogP contribution in [0.4, 0.5) is 0 Å². The Morgan fingerprint density at radius 1 is 1.31 bits per heavy atom. The van der Waals surface area contributed by atoms with Crippen molar-refractivity contribution in [3.8, 4) is 17.4 Å². The van der Waals surface area contributed by atoms with Gasteiger partial charge in [0, 0.05) is 35.3 Å². The first kappa shape index (κ1) is 17.7. The molecule has 0 saturated heterocycles. The second-order valence-corrected chi connectivity index (χ2v) is 6.08. The lowest BCUT2D eigenvalue weighted by Gasteiger charge is -2.05. The molecule has 0 aliphatic rings. The molecule has 0 aliphatic carbocycles. The van der Waals surface area contributed by atoms with Gasteiger partial charge in [0.2, 0.25) is 0 Å². The number of fused-ring (bicyclic) bond motifs is 1. The van der Waals surface area contributed by atoms with Crippen molar-refractivity contribution < 1.29 is 14.1 Å². The molecule has 0 aliphatic heterocycles. The molecule has 0 amide bonds. The number of hydrogen-bond acceptors (Lipinski definition) is 5. The largest absolute Gasteiger partial charge is 0.461 e. The molecule has 6 nitrogen and oxygen atoms in total. The third-order valence-electron chi connectivity index (χ3n) is 4.28. The Balaban J connectivity index is 1.94. The zero-order valence-electron chi connectivity index (χ0n) is 15.0. The maximum Gasteiger partial charge on any atom is 0.360 e. The van der Waals surface area contributed by atoms with Gasteiger partial charge in [-0.15, -0.1) is 0 Å². The molecule has 0 atom stereocenters. The lowest BCUT2D eigenvalue weighted by atomic mass is 10.1. The lowest BCUT2D eigenvalue weighted by molar-refractivity contribution is 0.0514. The van der Waals surface area contributed by atoms with Gasteiger partial charge < -0.3 is 13.8 Å². The van der Waals surface area contributed by atoms with Crippen LogP contribution < -0.4 is 0 Å². The fourth-order valence-electron chi connectivity index (χ4n) is 2.97. The predicted molar refractivity (Wildman–Crippen MR) is 97.6 cm³/mol. The van der Waals surface area contributed by atoms with Crippen LogP contribution in [0, 0.1) is 11.3 Å². The SMILES string of the molecule is CCCCCn1cc(C#N)c2cc(-c3cc(C(=O)OCC)no3)ccc21. The molecule has 0 unspecified atom stereocenters. The summed E-state index contributed by atoms with van der Waals surface area (Å²) in [6.07, 6.45) is 5.30. The molecule has 1 aromatic carbocycles. The third-order valence-corrected chi connectivity index (χ3v) is 4.28. The fraction of sp³-hybridized carbons (Fsp3) is 0.350. The quantitative estimate of drug-likeness (QED) is 0.461. The van der Waals surface area contributed by atoms with Crippen molar-refractivity contribution in [2.24, 2.45) is 0 Å². The number of unbranched alkanes of at least 4 members (excludes halogenated alkanes) is 2. The highest BCUT2D eigenvalue weighted by Crippen LogP contribution is 2.28. The van der Waals surface area contributed by atoms with E-state index in [1.165, 1.54) is 0 Å². The van der Waals surface area contributed by atoms with Crippen molar-refractivity contribution >= 4 is 16.9 Å². The molecule has 0 bridgehead atoms. The van der Waals surface area contributed by atoms with E-state index in [2.05, 4.69) is 22.7 Å². The number of hydrogen-bond donors (Lipinski definition) is 0. The summed E-state index contributed by atoms with van der Waals surface area (Å²) in [6.45, 7) is 5.08. The van der Waals surface area contributed by atoms with Crippen LogP contribution in [0.25, 0.3) is 22.2 Å². The van der Waals surface area contributed by atoms with E-state index in [9.17, 15) is 10.1 Å². The zero-order chi connectivity index (χ0) is 18.5. The molecule has 2 heterocycles. The number of benzene rings is 1. The maximum atomic E-state index is 11.7. The Morgan fingerprint density at radius 2 is 2.15 bits per heavy atom. The maximum absolute atomic E-state index is 11.7. The monoisotopic (exact) mass is 351 g/mol. The highest BCUT2D eigenvalue weighted by Gasteiger charge is 2.16. The predicted octanol–water partition coefficient (Wildman–Crippen LogP) is 4.53. The molecule has 3 rings (SSSR count). The summed E-state index contributed by atoms with van der Waals surface area (Å²) in [5, 5.41) is 14.1. The summed E-state index contributed by atoms with van der Waals surface area (Å²) in [6, 6.07) is 9.61. The average Bonchev–Trinajstić information content (AvgIpc) is 3.27. The van der Waals surface area contributed by atoms with Gasteiger partial charge in [-0.25, -0.2) is 4.79 Å².